The molecule has 2 aromatic rings. The first kappa shape index (κ1) is 8.68. The van der Waals surface area contributed by atoms with Crippen LogP contribution in [0.4, 0.5) is 0 Å². The van der Waals surface area contributed by atoms with Crippen LogP contribution in [0.3, 0.4) is 0 Å². The summed E-state index contributed by atoms with van der Waals surface area (Å²) in [4.78, 5) is 28.7. The topological polar surface area (TPSA) is 67.2 Å². The number of aromatic amines is 1. The SMILES string of the molecule is CCc1c(C=O)nc2cc[nH]c(=O)n12. The third kappa shape index (κ3) is 1.06. The van der Waals surface area contributed by atoms with Gasteiger partial charge in [-0.1, -0.05) is 6.92 Å². The monoisotopic (exact) mass is 191 g/mol. The molecule has 0 saturated carbocycles. The molecule has 0 aromatic carbocycles. The highest BCUT2D eigenvalue weighted by Gasteiger charge is 2.10. The molecule has 5 heteroatoms. The van der Waals surface area contributed by atoms with Gasteiger partial charge in [0.1, 0.15) is 11.3 Å². The molecule has 2 aromatic heterocycles. The van der Waals surface area contributed by atoms with Crippen LogP contribution in [0, 0.1) is 0 Å². The Bertz CT molecular complexity index is 538. The average molecular weight is 191 g/mol. The molecule has 0 unspecified atom stereocenters. The second-order valence-corrected chi connectivity index (χ2v) is 2.89. The Morgan fingerprint density at radius 3 is 3.07 bits per heavy atom. The molecule has 0 fully saturated rings. The van der Waals surface area contributed by atoms with E-state index in [1.165, 1.54) is 10.6 Å². The molecular formula is C9H9N3O2. The van der Waals surface area contributed by atoms with Gasteiger partial charge in [-0.05, 0) is 12.5 Å². The van der Waals surface area contributed by atoms with E-state index in [2.05, 4.69) is 9.97 Å². The molecule has 14 heavy (non-hydrogen) atoms. The molecule has 2 heterocycles. The fraction of sp³-hybridized carbons (Fsp3) is 0.222. The van der Waals surface area contributed by atoms with Gasteiger partial charge in [-0.15, -0.1) is 0 Å². The zero-order valence-electron chi connectivity index (χ0n) is 7.65. The molecule has 0 amide bonds. The van der Waals surface area contributed by atoms with Gasteiger partial charge < -0.3 is 4.98 Å². The smallest absolute Gasteiger partial charge is 0.314 e. The fourth-order valence-electron chi connectivity index (χ4n) is 1.51. The number of aromatic nitrogens is 3. The summed E-state index contributed by atoms with van der Waals surface area (Å²) in [5.74, 6) is 0. The highest BCUT2D eigenvalue weighted by molar-refractivity contribution is 5.75. The highest BCUT2D eigenvalue weighted by atomic mass is 16.1. The van der Waals surface area contributed by atoms with Gasteiger partial charge in [-0.2, -0.15) is 0 Å². The van der Waals surface area contributed by atoms with Crippen LogP contribution >= 0.6 is 0 Å². The van der Waals surface area contributed by atoms with E-state index in [-0.39, 0.29) is 5.69 Å². The third-order valence-electron chi connectivity index (χ3n) is 2.12. The Balaban J connectivity index is 2.95. The maximum atomic E-state index is 11.4. The van der Waals surface area contributed by atoms with E-state index in [1.807, 2.05) is 6.92 Å². The van der Waals surface area contributed by atoms with E-state index < -0.39 is 0 Å². The number of nitrogens with zero attached hydrogens (tertiary/aromatic N) is 2. The zero-order valence-corrected chi connectivity index (χ0v) is 7.65. The summed E-state index contributed by atoms with van der Waals surface area (Å²) in [6.45, 7) is 1.88. The second kappa shape index (κ2) is 3.10. The minimum absolute atomic E-state index is 0.264. The first-order chi connectivity index (χ1) is 6.77. The number of aldehydes is 1. The molecule has 0 saturated heterocycles. The fourth-order valence-corrected chi connectivity index (χ4v) is 1.51. The van der Waals surface area contributed by atoms with E-state index in [0.29, 0.717) is 29.7 Å². The number of rotatable bonds is 2. The lowest BCUT2D eigenvalue weighted by Crippen LogP contribution is -2.17. The van der Waals surface area contributed by atoms with Crippen LogP contribution in [-0.4, -0.2) is 20.7 Å². The maximum Gasteiger partial charge on any atom is 0.331 e. The summed E-state index contributed by atoms with van der Waals surface area (Å²) in [6.07, 6.45) is 2.78. The predicted molar refractivity (Wildman–Crippen MR) is 50.6 cm³/mol. The van der Waals surface area contributed by atoms with Crippen LogP contribution in [0.25, 0.3) is 5.65 Å². The Morgan fingerprint density at radius 2 is 2.43 bits per heavy atom. The van der Waals surface area contributed by atoms with Gasteiger partial charge in [-0.3, -0.25) is 4.79 Å². The van der Waals surface area contributed by atoms with Crippen molar-refractivity contribution >= 4 is 11.9 Å². The van der Waals surface area contributed by atoms with E-state index in [4.69, 9.17) is 0 Å². The van der Waals surface area contributed by atoms with Crippen LogP contribution in [-0.2, 0) is 6.42 Å². The Labute approximate surface area is 79.4 Å². The summed E-state index contributed by atoms with van der Waals surface area (Å²) in [5, 5.41) is 0. The van der Waals surface area contributed by atoms with Crippen molar-refractivity contribution in [2.24, 2.45) is 0 Å². The van der Waals surface area contributed by atoms with Gasteiger partial charge in [0.25, 0.3) is 0 Å². The summed E-state index contributed by atoms with van der Waals surface area (Å²) in [6, 6.07) is 1.66. The van der Waals surface area contributed by atoms with E-state index in [0.717, 1.165) is 0 Å². The number of fused-ring (bicyclic) bond motifs is 1. The summed E-state index contributed by atoms with van der Waals surface area (Å²) < 4.78 is 1.42. The first-order valence-electron chi connectivity index (χ1n) is 4.32. The van der Waals surface area contributed by atoms with Gasteiger partial charge >= 0.3 is 5.69 Å². The average Bonchev–Trinajstić information content (AvgIpc) is 2.56. The molecular weight excluding hydrogens is 182 g/mol. The first-order valence-corrected chi connectivity index (χ1v) is 4.32. The van der Waals surface area contributed by atoms with Crippen LogP contribution in [0.15, 0.2) is 17.1 Å². The minimum Gasteiger partial charge on any atom is -0.314 e. The van der Waals surface area contributed by atoms with E-state index in [1.54, 1.807) is 6.07 Å². The minimum atomic E-state index is -0.264. The molecule has 0 bridgehead atoms. The highest BCUT2D eigenvalue weighted by Crippen LogP contribution is 2.08. The second-order valence-electron chi connectivity index (χ2n) is 2.89. The lowest BCUT2D eigenvalue weighted by Gasteiger charge is -1.95. The maximum absolute atomic E-state index is 11.4. The van der Waals surface area contributed by atoms with Gasteiger partial charge in [0.05, 0.1) is 5.69 Å². The molecule has 0 radical (unpaired) electrons. The van der Waals surface area contributed by atoms with Crippen molar-refractivity contribution in [3.8, 4) is 0 Å². The quantitative estimate of drug-likeness (QED) is 0.698. The van der Waals surface area contributed by atoms with Crippen molar-refractivity contribution in [3.05, 3.63) is 34.1 Å². The van der Waals surface area contributed by atoms with E-state index >= 15 is 0 Å². The van der Waals surface area contributed by atoms with Crippen molar-refractivity contribution in [1.29, 1.82) is 0 Å². The van der Waals surface area contributed by atoms with Crippen LogP contribution in [0.1, 0.15) is 23.1 Å². The molecule has 0 aliphatic rings. The molecule has 2 rings (SSSR count). The molecule has 0 spiro atoms. The largest absolute Gasteiger partial charge is 0.331 e. The number of H-pyrrole nitrogens is 1. The zero-order chi connectivity index (χ0) is 10.1. The number of carbonyl (C=O) groups excluding carboxylic acids is 1. The number of nitrogens with one attached hydrogen (secondary N) is 1. The van der Waals surface area contributed by atoms with Crippen molar-refractivity contribution in [2.45, 2.75) is 13.3 Å². The van der Waals surface area contributed by atoms with E-state index in [9.17, 15) is 9.59 Å². The molecule has 0 aliphatic carbocycles. The predicted octanol–water partition coefficient (Wildman–Crippen LogP) is 0.398. The standard InChI is InChI=1S/C9H9N3O2/c1-2-7-6(5-13)11-8-3-4-10-9(14)12(7)8/h3-5H,2H2,1H3,(H,10,14). The number of hydrogen-bond donors (Lipinski definition) is 1. The number of hydrogen-bond acceptors (Lipinski definition) is 3. The molecule has 0 aliphatic heterocycles. The van der Waals surface area contributed by atoms with Gasteiger partial charge in [0, 0.05) is 6.20 Å². The Kier molecular flexibility index (Phi) is 1.92. The third-order valence-corrected chi connectivity index (χ3v) is 2.12. The summed E-state index contributed by atoms with van der Waals surface area (Å²) >= 11 is 0. The van der Waals surface area contributed by atoms with Gasteiger partial charge in [0.15, 0.2) is 6.29 Å². The molecule has 1 N–H and O–H groups in total. The number of carbonyl (C=O) groups is 1. The van der Waals surface area contributed by atoms with Gasteiger partial charge in [-0.25, -0.2) is 14.2 Å². The lowest BCUT2D eigenvalue weighted by atomic mass is 10.3. The molecule has 5 nitrogen and oxygen atoms in total. The lowest BCUT2D eigenvalue weighted by molar-refractivity contribution is 0.111. The number of aryl methyl sites for hydroxylation is 1. The normalized spacial score (nSPS) is 10.6. The Morgan fingerprint density at radius 1 is 1.64 bits per heavy atom. The van der Waals surface area contributed by atoms with Crippen molar-refractivity contribution in [2.75, 3.05) is 0 Å². The number of imidazole rings is 1. The van der Waals surface area contributed by atoms with Crippen molar-refractivity contribution in [1.82, 2.24) is 14.4 Å². The van der Waals surface area contributed by atoms with Crippen LogP contribution < -0.4 is 5.69 Å². The van der Waals surface area contributed by atoms with Crippen molar-refractivity contribution in [3.63, 3.8) is 0 Å². The van der Waals surface area contributed by atoms with Crippen molar-refractivity contribution < 1.29 is 4.79 Å². The Hall–Kier alpha value is -1.91. The summed E-state index contributed by atoms with van der Waals surface area (Å²) in [7, 11) is 0. The molecule has 72 valence electrons. The van der Waals surface area contributed by atoms with Gasteiger partial charge in [0.2, 0.25) is 0 Å². The van der Waals surface area contributed by atoms with Crippen LogP contribution in [0.2, 0.25) is 0 Å². The summed E-state index contributed by atoms with van der Waals surface area (Å²) in [5.41, 5.74) is 1.23. The molecule has 0 atom stereocenters. The van der Waals surface area contributed by atoms with Crippen LogP contribution in [0.5, 0.6) is 0 Å².